The molecule has 0 aromatic rings. The molecule has 0 radical (unpaired) electrons. The number of nitrogens with zero attached hydrogens (tertiary/aromatic N) is 3. The second-order valence-corrected chi connectivity index (χ2v) is 5.62. The lowest BCUT2D eigenvalue weighted by molar-refractivity contribution is -0.142. The third-order valence-corrected chi connectivity index (χ3v) is 3.33. The molecule has 0 spiro atoms. The summed E-state index contributed by atoms with van der Waals surface area (Å²) < 4.78 is 0. The smallest absolute Gasteiger partial charge is 0.320 e. The van der Waals surface area contributed by atoms with Crippen molar-refractivity contribution >= 4 is 11.9 Å². The van der Waals surface area contributed by atoms with Gasteiger partial charge in [0, 0.05) is 26.6 Å². The molecule has 0 rings (SSSR count). The zero-order chi connectivity index (χ0) is 19.7. The van der Waals surface area contributed by atoms with Crippen molar-refractivity contribution in [3.8, 4) is 0 Å². The third kappa shape index (κ3) is 15.7. The Balaban J connectivity index is -0.00000102. The van der Waals surface area contributed by atoms with E-state index in [4.69, 9.17) is 5.11 Å². The average molecular weight is 348 g/mol. The van der Waals surface area contributed by atoms with Gasteiger partial charge in [-0.1, -0.05) is 27.7 Å². The van der Waals surface area contributed by atoms with Gasteiger partial charge >= 0.3 is 5.97 Å². The maximum Gasteiger partial charge on any atom is 0.320 e. The zero-order valence-corrected chi connectivity index (χ0v) is 17.4. The molecule has 0 aliphatic heterocycles. The largest absolute Gasteiger partial charge is 0.480 e. The maximum atomic E-state index is 11.5. The summed E-state index contributed by atoms with van der Waals surface area (Å²) in [4.78, 5) is 28.1. The first-order chi connectivity index (χ1) is 11.3. The standard InChI is InChI=1S/C14H29N3O3.2C2H6/c1-12(18)17(11-10-15(2)3)9-7-6-8-13(14(19)20)16(4)5;2*1-2/h13H,6-11H2,1-5H3,(H,19,20);2*1-2H3. The molecule has 0 bridgehead atoms. The Bertz CT molecular complexity index is 308. The molecule has 6 nitrogen and oxygen atoms in total. The van der Waals surface area contributed by atoms with Gasteiger partial charge in [-0.2, -0.15) is 0 Å². The topological polar surface area (TPSA) is 64.1 Å². The highest BCUT2D eigenvalue weighted by atomic mass is 16.4. The molecule has 6 heteroatoms. The molecule has 0 saturated heterocycles. The molecule has 1 unspecified atom stereocenters. The molecular formula is C18H41N3O3. The fourth-order valence-corrected chi connectivity index (χ4v) is 1.99. The van der Waals surface area contributed by atoms with Crippen molar-refractivity contribution in [1.29, 1.82) is 0 Å². The Labute approximate surface area is 149 Å². The van der Waals surface area contributed by atoms with Crippen molar-refractivity contribution in [2.75, 3.05) is 47.8 Å². The van der Waals surface area contributed by atoms with Crippen LogP contribution in [0.25, 0.3) is 0 Å². The molecule has 146 valence electrons. The fraction of sp³-hybridized carbons (Fsp3) is 0.889. The molecule has 0 heterocycles. The molecule has 1 N–H and O–H groups in total. The summed E-state index contributed by atoms with van der Waals surface area (Å²) in [5.74, 6) is -0.708. The molecule has 0 fully saturated rings. The third-order valence-electron chi connectivity index (χ3n) is 3.33. The first kappa shape index (κ1) is 27.7. The molecule has 24 heavy (non-hydrogen) atoms. The van der Waals surface area contributed by atoms with Crippen molar-refractivity contribution in [1.82, 2.24) is 14.7 Å². The van der Waals surface area contributed by atoms with Gasteiger partial charge in [0.05, 0.1) is 0 Å². The fourth-order valence-electron chi connectivity index (χ4n) is 1.99. The second-order valence-electron chi connectivity index (χ2n) is 5.62. The molecule has 1 atom stereocenters. The van der Waals surface area contributed by atoms with Crippen molar-refractivity contribution in [2.24, 2.45) is 0 Å². The van der Waals surface area contributed by atoms with E-state index in [0.29, 0.717) is 13.0 Å². The first-order valence-corrected chi connectivity index (χ1v) is 9.05. The number of carbonyl (C=O) groups is 2. The Morgan fingerprint density at radius 1 is 0.875 bits per heavy atom. The van der Waals surface area contributed by atoms with Crippen LogP contribution >= 0.6 is 0 Å². The first-order valence-electron chi connectivity index (χ1n) is 9.05. The van der Waals surface area contributed by atoms with Crippen LogP contribution in [0.5, 0.6) is 0 Å². The van der Waals surface area contributed by atoms with Gasteiger partial charge in [0.25, 0.3) is 0 Å². The SMILES string of the molecule is CC.CC.CC(=O)N(CCCCC(C(=O)O)N(C)C)CCN(C)C. The summed E-state index contributed by atoms with van der Waals surface area (Å²) in [6, 6.07) is -0.442. The molecule has 1 amide bonds. The highest BCUT2D eigenvalue weighted by Gasteiger charge is 2.19. The number of aliphatic carboxylic acids is 1. The van der Waals surface area contributed by atoms with Crippen LogP contribution in [0.4, 0.5) is 0 Å². The lowest BCUT2D eigenvalue weighted by Crippen LogP contribution is -2.37. The summed E-state index contributed by atoms with van der Waals surface area (Å²) >= 11 is 0. The normalized spacial score (nSPS) is 11.1. The number of likely N-dealkylation sites (N-methyl/N-ethyl adjacent to an activating group) is 2. The minimum atomic E-state index is -0.786. The summed E-state index contributed by atoms with van der Waals surface area (Å²) in [7, 11) is 7.51. The van der Waals surface area contributed by atoms with Crippen LogP contribution in [0, 0.1) is 0 Å². The summed E-state index contributed by atoms with van der Waals surface area (Å²) in [5.41, 5.74) is 0. The summed E-state index contributed by atoms with van der Waals surface area (Å²) in [6.45, 7) is 11.8. The van der Waals surface area contributed by atoms with E-state index in [9.17, 15) is 9.59 Å². The zero-order valence-electron chi connectivity index (χ0n) is 17.4. The van der Waals surface area contributed by atoms with Gasteiger partial charge in [-0.15, -0.1) is 0 Å². The lowest BCUT2D eigenvalue weighted by Gasteiger charge is -2.24. The number of amides is 1. The number of rotatable bonds is 10. The molecule has 0 aromatic heterocycles. The highest BCUT2D eigenvalue weighted by molar-refractivity contribution is 5.73. The number of carboxylic acids is 1. The van der Waals surface area contributed by atoms with E-state index in [1.807, 2.05) is 51.6 Å². The number of unbranched alkanes of at least 4 members (excludes halogenated alkanes) is 1. The van der Waals surface area contributed by atoms with E-state index in [1.54, 1.807) is 25.9 Å². The monoisotopic (exact) mass is 347 g/mol. The van der Waals surface area contributed by atoms with Gasteiger partial charge in [0.2, 0.25) is 5.91 Å². The Kier molecular flexibility index (Phi) is 21.0. The van der Waals surface area contributed by atoms with Crippen molar-refractivity contribution in [3.63, 3.8) is 0 Å². The molecule has 0 aromatic carbocycles. The predicted octanol–water partition coefficient (Wildman–Crippen LogP) is 2.63. The van der Waals surface area contributed by atoms with Crippen LogP contribution < -0.4 is 0 Å². The van der Waals surface area contributed by atoms with Gasteiger partial charge < -0.3 is 14.9 Å². The van der Waals surface area contributed by atoms with E-state index >= 15 is 0 Å². The van der Waals surface area contributed by atoms with E-state index in [-0.39, 0.29) is 5.91 Å². The van der Waals surface area contributed by atoms with Gasteiger partial charge in [0.1, 0.15) is 6.04 Å². The minimum absolute atomic E-state index is 0.0780. The van der Waals surface area contributed by atoms with Gasteiger partial charge in [0.15, 0.2) is 0 Å². The summed E-state index contributed by atoms with van der Waals surface area (Å²) in [6.07, 6.45) is 2.26. The quantitative estimate of drug-likeness (QED) is 0.616. The van der Waals surface area contributed by atoms with Crippen molar-refractivity contribution in [3.05, 3.63) is 0 Å². The number of carbonyl (C=O) groups excluding carboxylic acids is 1. The van der Waals surface area contributed by atoms with Crippen LogP contribution in [0.3, 0.4) is 0 Å². The number of hydrogen-bond donors (Lipinski definition) is 1. The van der Waals surface area contributed by atoms with Crippen LogP contribution in [0.1, 0.15) is 53.9 Å². The number of hydrogen-bond acceptors (Lipinski definition) is 4. The molecule has 0 saturated carbocycles. The maximum absolute atomic E-state index is 11.5. The lowest BCUT2D eigenvalue weighted by atomic mass is 10.1. The van der Waals surface area contributed by atoms with Crippen LogP contribution in [0.2, 0.25) is 0 Å². The predicted molar refractivity (Wildman–Crippen MR) is 102 cm³/mol. The number of carboxylic acid groups (broad SMARTS) is 1. The van der Waals surface area contributed by atoms with Gasteiger partial charge in [-0.25, -0.2) is 0 Å². The van der Waals surface area contributed by atoms with E-state index in [0.717, 1.165) is 25.9 Å². The second kappa shape index (κ2) is 18.2. The van der Waals surface area contributed by atoms with Crippen molar-refractivity contribution < 1.29 is 14.7 Å². The molecule has 0 aliphatic carbocycles. The van der Waals surface area contributed by atoms with Gasteiger partial charge in [-0.05, 0) is 47.5 Å². The summed E-state index contributed by atoms with van der Waals surface area (Å²) in [5, 5.41) is 9.07. The van der Waals surface area contributed by atoms with Crippen molar-refractivity contribution in [2.45, 2.75) is 59.9 Å². The van der Waals surface area contributed by atoms with E-state index < -0.39 is 12.0 Å². The van der Waals surface area contributed by atoms with Crippen LogP contribution in [-0.4, -0.2) is 85.5 Å². The van der Waals surface area contributed by atoms with Gasteiger partial charge in [-0.3, -0.25) is 14.5 Å². The van der Waals surface area contributed by atoms with E-state index in [1.165, 1.54) is 0 Å². The Morgan fingerprint density at radius 2 is 1.38 bits per heavy atom. The Morgan fingerprint density at radius 3 is 1.71 bits per heavy atom. The minimum Gasteiger partial charge on any atom is -0.480 e. The Hall–Kier alpha value is -1.14. The van der Waals surface area contributed by atoms with Crippen LogP contribution in [0.15, 0.2) is 0 Å². The van der Waals surface area contributed by atoms with Crippen LogP contribution in [-0.2, 0) is 9.59 Å². The average Bonchev–Trinajstić information content (AvgIpc) is 2.52. The van der Waals surface area contributed by atoms with E-state index in [2.05, 4.69) is 0 Å². The molecule has 0 aliphatic rings. The molecular weight excluding hydrogens is 306 g/mol. The highest BCUT2D eigenvalue weighted by Crippen LogP contribution is 2.07.